The Labute approximate surface area is 107 Å². The second-order valence-corrected chi connectivity index (χ2v) is 4.85. The van der Waals surface area contributed by atoms with Gasteiger partial charge in [0.1, 0.15) is 6.17 Å². The first-order valence-corrected chi connectivity index (χ1v) is 6.32. The molecule has 1 N–H and O–H groups in total. The van der Waals surface area contributed by atoms with E-state index >= 15 is 0 Å². The van der Waals surface area contributed by atoms with Crippen LogP contribution in [0.15, 0.2) is 24.3 Å². The van der Waals surface area contributed by atoms with Gasteiger partial charge in [-0.25, -0.2) is 4.39 Å². The smallest absolute Gasteiger partial charge is 0.217 e. The molecular formula is C14H19FN2O. The van der Waals surface area contributed by atoms with Crippen LogP contribution in [0.3, 0.4) is 0 Å². The molecule has 1 atom stereocenters. The predicted molar refractivity (Wildman–Crippen MR) is 68.8 cm³/mol. The predicted octanol–water partition coefficient (Wildman–Crippen LogP) is 1.87. The zero-order chi connectivity index (χ0) is 13.0. The summed E-state index contributed by atoms with van der Waals surface area (Å²) in [6.07, 6.45) is -0.0291. The molecule has 4 heteroatoms. The highest BCUT2D eigenvalue weighted by Gasteiger charge is 2.21. The minimum atomic E-state index is -0.674. The molecule has 18 heavy (non-hydrogen) atoms. The Morgan fingerprint density at radius 1 is 1.50 bits per heavy atom. The van der Waals surface area contributed by atoms with Crippen LogP contribution in [0.2, 0.25) is 0 Å². The van der Waals surface area contributed by atoms with E-state index in [2.05, 4.69) is 16.3 Å². The van der Waals surface area contributed by atoms with Gasteiger partial charge in [0.25, 0.3) is 0 Å². The third-order valence-electron chi connectivity index (χ3n) is 3.15. The second kappa shape index (κ2) is 5.96. The molecule has 0 saturated carbocycles. The number of nitrogens with zero attached hydrogens (tertiary/aromatic N) is 1. The Hall–Kier alpha value is -1.42. The van der Waals surface area contributed by atoms with Gasteiger partial charge in [0.15, 0.2) is 0 Å². The lowest BCUT2D eigenvalue weighted by molar-refractivity contribution is -0.119. The first-order chi connectivity index (χ1) is 8.63. The summed E-state index contributed by atoms with van der Waals surface area (Å²) >= 11 is 0. The molecule has 1 aromatic rings. The number of hydrogen-bond acceptors (Lipinski definition) is 2. The maximum absolute atomic E-state index is 13.1. The molecule has 1 aliphatic heterocycles. The molecule has 1 fully saturated rings. The molecule has 0 bridgehead atoms. The van der Waals surface area contributed by atoms with Gasteiger partial charge in [0, 0.05) is 33.1 Å². The first kappa shape index (κ1) is 13.0. The Morgan fingerprint density at radius 2 is 2.28 bits per heavy atom. The Balaban J connectivity index is 1.92. The van der Waals surface area contributed by atoms with E-state index < -0.39 is 6.17 Å². The normalized spacial score (nSPS) is 20.0. The van der Waals surface area contributed by atoms with Crippen LogP contribution in [0.1, 0.15) is 24.5 Å². The number of amides is 1. The number of rotatable bonds is 4. The Morgan fingerprint density at radius 3 is 2.94 bits per heavy atom. The highest BCUT2D eigenvalue weighted by atomic mass is 19.1. The lowest BCUT2D eigenvalue weighted by atomic mass is 10.1. The summed E-state index contributed by atoms with van der Waals surface area (Å²) in [7, 11) is 0. The highest BCUT2D eigenvalue weighted by molar-refractivity contribution is 5.72. The van der Waals surface area contributed by atoms with E-state index in [1.165, 1.54) is 12.5 Å². The number of benzene rings is 1. The molecule has 0 spiro atoms. The maximum Gasteiger partial charge on any atom is 0.217 e. The number of carbonyl (C=O) groups is 1. The molecule has 0 aliphatic carbocycles. The zero-order valence-corrected chi connectivity index (χ0v) is 10.7. The van der Waals surface area contributed by atoms with Crippen molar-refractivity contribution in [3.63, 3.8) is 0 Å². The molecule has 1 unspecified atom stereocenters. The molecule has 1 heterocycles. The fraction of sp³-hybridized carbons (Fsp3) is 0.500. The van der Waals surface area contributed by atoms with E-state index in [1.54, 1.807) is 0 Å². The number of nitrogens with one attached hydrogen (secondary N) is 1. The van der Waals surface area contributed by atoms with Crippen molar-refractivity contribution in [2.45, 2.75) is 32.6 Å². The monoisotopic (exact) mass is 250 g/mol. The van der Waals surface area contributed by atoms with Crippen LogP contribution in [0, 0.1) is 0 Å². The fourth-order valence-corrected chi connectivity index (χ4v) is 2.25. The molecule has 0 aromatic heterocycles. The van der Waals surface area contributed by atoms with Crippen molar-refractivity contribution in [2.24, 2.45) is 0 Å². The van der Waals surface area contributed by atoms with Crippen molar-refractivity contribution in [1.82, 2.24) is 10.2 Å². The number of halogens is 1. The van der Waals surface area contributed by atoms with E-state index in [9.17, 15) is 9.18 Å². The van der Waals surface area contributed by atoms with Crippen molar-refractivity contribution in [3.8, 4) is 0 Å². The summed E-state index contributed by atoms with van der Waals surface area (Å²) < 4.78 is 13.1. The van der Waals surface area contributed by atoms with Crippen LogP contribution in [-0.2, 0) is 17.9 Å². The molecule has 1 saturated heterocycles. The van der Waals surface area contributed by atoms with Crippen LogP contribution >= 0.6 is 0 Å². The standard InChI is InChI=1S/C14H19FN2O/c1-11(18)16-8-12-3-2-4-13(7-12)9-17-6-5-14(15)10-17/h2-4,7,14H,5-6,8-10H2,1H3,(H,16,18). The minimum absolute atomic E-state index is 0.0276. The summed E-state index contributed by atoms with van der Waals surface area (Å²) in [6.45, 7) is 4.21. The molecule has 1 amide bonds. The SMILES string of the molecule is CC(=O)NCc1cccc(CN2CCC(F)C2)c1. The molecule has 98 valence electrons. The van der Waals surface area contributed by atoms with Crippen molar-refractivity contribution in [2.75, 3.05) is 13.1 Å². The molecule has 1 aromatic carbocycles. The summed E-state index contributed by atoms with van der Waals surface area (Å²) in [4.78, 5) is 13.0. The average molecular weight is 250 g/mol. The summed E-state index contributed by atoms with van der Waals surface area (Å²) in [5, 5.41) is 2.78. The summed E-state index contributed by atoms with van der Waals surface area (Å²) in [5.41, 5.74) is 2.26. The topological polar surface area (TPSA) is 32.3 Å². The molecule has 2 rings (SSSR count). The Kier molecular flexibility index (Phi) is 4.31. The summed E-state index contributed by atoms with van der Waals surface area (Å²) in [6, 6.07) is 8.08. The largest absolute Gasteiger partial charge is 0.352 e. The van der Waals surface area contributed by atoms with E-state index in [-0.39, 0.29) is 5.91 Å². The van der Waals surface area contributed by atoms with Gasteiger partial charge in [-0.1, -0.05) is 24.3 Å². The van der Waals surface area contributed by atoms with Crippen molar-refractivity contribution < 1.29 is 9.18 Å². The average Bonchev–Trinajstić information content (AvgIpc) is 2.73. The van der Waals surface area contributed by atoms with E-state index in [0.29, 0.717) is 19.5 Å². The lowest BCUT2D eigenvalue weighted by Crippen LogP contribution is -2.21. The number of likely N-dealkylation sites (tertiary alicyclic amines) is 1. The zero-order valence-electron chi connectivity index (χ0n) is 10.7. The van der Waals surface area contributed by atoms with Crippen LogP contribution in [-0.4, -0.2) is 30.1 Å². The molecule has 1 aliphatic rings. The van der Waals surface area contributed by atoms with Crippen molar-refractivity contribution >= 4 is 5.91 Å². The van der Waals surface area contributed by atoms with E-state index in [0.717, 1.165) is 18.7 Å². The maximum atomic E-state index is 13.1. The van der Waals surface area contributed by atoms with Crippen LogP contribution < -0.4 is 5.32 Å². The number of alkyl halides is 1. The van der Waals surface area contributed by atoms with Crippen molar-refractivity contribution in [1.29, 1.82) is 0 Å². The molecule has 0 radical (unpaired) electrons. The summed E-state index contributed by atoms with van der Waals surface area (Å²) in [5.74, 6) is -0.0276. The third kappa shape index (κ3) is 3.81. The van der Waals surface area contributed by atoms with Gasteiger partial charge in [-0.3, -0.25) is 9.69 Å². The lowest BCUT2D eigenvalue weighted by Gasteiger charge is -2.15. The van der Waals surface area contributed by atoms with Gasteiger partial charge >= 0.3 is 0 Å². The molecular weight excluding hydrogens is 231 g/mol. The fourth-order valence-electron chi connectivity index (χ4n) is 2.25. The van der Waals surface area contributed by atoms with E-state index in [4.69, 9.17) is 0 Å². The Bertz CT molecular complexity index is 422. The molecule has 3 nitrogen and oxygen atoms in total. The highest BCUT2D eigenvalue weighted by Crippen LogP contribution is 2.16. The van der Waals surface area contributed by atoms with Crippen LogP contribution in [0.4, 0.5) is 4.39 Å². The minimum Gasteiger partial charge on any atom is -0.352 e. The second-order valence-electron chi connectivity index (χ2n) is 4.85. The van der Waals surface area contributed by atoms with Gasteiger partial charge in [-0.05, 0) is 17.5 Å². The number of carbonyl (C=O) groups excluding carboxylic acids is 1. The van der Waals surface area contributed by atoms with Crippen LogP contribution in [0.25, 0.3) is 0 Å². The quantitative estimate of drug-likeness (QED) is 0.884. The van der Waals surface area contributed by atoms with Gasteiger partial charge in [0.2, 0.25) is 5.91 Å². The van der Waals surface area contributed by atoms with Crippen molar-refractivity contribution in [3.05, 3.63) is 35.4 Å². The van der Waals surface area contributed by atoms with Gasteiger partial charge < -0.3 is 5.32 Å². The third-order valence-corrected chi connectivity index (χ3v) is 3.15. The van der Waals surface area contributed by atoms with E-state index in [1.807, 2.05) is 18.2 Å². The van der Waals surface area contributed by atoms with Gasteiger partial charge in [0.05, 0.1) is 0 Å². The number of hydrogen-bond donors (Lipinski definition) is 1. The van der Waals surface area contributed by atoms with Gasteiger partial charge in [-0.15, -0.1) is 0 Å². The van der Waals surface area contributed by atoms with Gasteiger partial charge in [-0.2, -0.15) is 0 Å². The van der Waals surface area contributed by atoms with Crippen LogP contribution in [0.5, 0.6) is 0 Å². The first-order valence-electron chi connectivity index (χ1n) is 6.32.